The lowest BCUT2D eigenvalue weighted by molar-refractivity contribution is 0.241. The molecule has 4 rings (SSSR count). The van der Waals surface area contributed by atoms with Crippen molar-refractivity contribution < 1.29 is 4.74 Å². The van der Waals surface area contributed by atoms with E-state index in [1.807, 2.05) is 18.3 Å². The number of piperazine rings is 1. The first kappa shape index (κ1) is 35.7. The minimum atomic E-state index is -0.0212. The third kappa shape index (κ3) is 13.3. The van der Waals surface area contributed by atoms with Crippen LogP contribution in [-0.4, -0.2) is 52.2 Å². The summed E-state index contributed by atoms with van der Waals surface area (Å²) in [7, 11) is 0. The summed E-state index contributed by atoms with van der Waals surface area (Å²) in [5.74, 6) is 1.25. The van der Waals surface area contributed by atoms with Gasteiger partial charge in [0.2, 0.25) is 11.4 Å². The summed E-state index contributed by atoms with van der Waals surface area (Å²) in [4.78, 5) is 26.6. The number of ether oxygens (including phenoxy) is 1. The molecule has 1 saturated heterocycles. The number of hydrogen-bond donors (Lipinski definition) is 0. The summed E-state index contributed by atoms with van der Waals surface area (Å²) in [6, 6.07) is 14.1. The molecule has 0 bridgehead atoms. The highest BCUT2D eigenvalue weighted by Gasteiger charge is 2.20. The lowest BCUT2D eigenvalue weighted by atomic mass is 10.0. The molecular formula is C39H59N5O2. The Balaban J connectivity index is 1.15. The molecule has 2 aromatic heterocycles. The van der Waals surface area contributed by atoms with Crippen molar-refractivity contribution in [3.8, 4) is 5.75 Å². The molecule has 1 aliphatic rings. The Kier molecular flexibility index (Phi) is 16.7. The first-order valence-electron chi connectivity index (χ1n) is 18.4. The second-order valence-electron chi connectivity index (χ2n) is 13.1. The number of nitrogens with zero attached hydrogens (tertiary/aromatic N) is 5. The number of hydrogen-bond acceptors (Lipinski definition) is 6. The van der Waals surface area contributed by atoms with Crippen molar-refractivity contribution in [3.63, 3.8) is 0 Å². The summed E-state index contributed by atoms with van der Waals surface area (Å²) in [5, 5.41) is 0. The minimum Gasteiger partial charge on any atom is -0.488 e. The van der Waals surface area contributed by atoms with E-state index in [9.17, 15) is 4.79 Å². The van der Waals surface area contributed by atoms with Crippen molar-refractivity contribution in [2.24, 2.45) is 0 Å². The summed E-state index contributed by atoms with van der Waals surface area (Å²) in [6.45, 7) is 7.86. The van der Waals surface area contributed by atoms with Crippen molar-refractivity contribution >= 4 is 5.95 Å². The van der Waals surface area contributed by atoms with Gasteiger partial charge in [-0.3, -0.25) is 9.69 Å². The van der Waals surface area contributed by atoms with Crippen LogP contribution in [0.4, 0.5) is 5.95 Å². The zero-order valence-electron chi connectivity index (χ0n) is 28.6. The fraction of sp³-hybridized carbons (Fsp3) is 0.615. The Labute approximate surface area is 278 Å². The molecule has 1 fully saturated rings. The molecule has 0 saturated carbocycles. The standard InChI is InChI=1S/C39H59N5O2/c1-2-3-4-5-6-7-8-9-10-11-12-13-14-15-16-20-30-46-38-34-44(32-35-22-18-17-19-23-35)36(31-37(38)45)33-42-26-28-43(29-27-42)39-40-24-21-25-41-39/h17-19,21-25,31,34H,2-16,20,26-30,32-33H2,1H3. The van der Waals surface area contributed by atoms with E-state index in [0.717, 1.165) is 57.2 Å². The maximum absolute atomic E-state index is 13.1. The van der Waals surface area contributed by atoms with Gasteiger partial charge < -0.3 is 14.2 Å². The van der Waals surface area contributed by atoms with Crippen LogP contribution in [0.15, 0.2) is 65.8 Å². The van der Waals surface area contributed by atoms with Gasteiger partial charge in [0.25, 0.3) is 0 Å². The summed E-state index contributed by atoms with van der Waals surface area (Å²) in [6.07, 6.45) is 27.1. The summed E-state index contributed by atoms with van der Waals surface area (Å²) >= 11 is 0. The quantitative estimate of drug-likeness (QED) is 0.0979. The van der Waals surface area contributed by atoms with Gasteiger partial charge >= 0.3 is 0 Å². The average Bonchev–Trinajstić information content (AvgIpc) is 3.09. The zero-order valence-corrected chi connectivity index (χ0v) is 28.6. The van der Waals surface area contributed by atoms with E-state index < -0.39 is 0 Å². The molecule has 0 spiro atoms. The fourth-order valence-corrected chi connectivity index (χ4v) is 6.39. The second kappa shape index (κ2) is 21.6. The van der Waals surface area contributed by atoms with Crippen LogP contribution in [0.3, 0.4) is 0 Å². The number of unbranched alkanes of at least 4 members (excludes halogenated alkanes) is 15. The van der Waals surface area contributed by atoms with Gasteiger partial charge in [0, 0.05) is 63.4 Å². The number of benzene rings is 1. The van der Waals surface area contributed by atoms with Gasteiger partial charge in [0.05, 0.1) is 12.8 Å². The Morgan fingerprint density at radius 3 is 1.83 bits per heavy atom. The molecule has 3 heterocycles. The van der Waals surface area contributed by atoms with Gasteiger partial charge in [0.15, 0.2) is 5.75 Å². The van der Waals surface area contributed by atoms with E-state index in [4.69, 9.17) is 4.74 Å². The summed E-state index contributed by atoms with van der Waals surface area (Å²) < 4.78 is 8.28. The van der Waals surface area contributed by atoms with E-state index >= 15 is 0 Å². The number of pyridine rings is 1. The van der Waals surface area contributed by atoms with Gasteiger partial charge in [-0.15, -0.1) is 0 Å². The van der Waals surface area contributed by atoms with Crippen molar-refractivity contribution in [1.82, 2.24) is 19.4 Å². The maximum Gasteiger partial charge on any atom is 0.225 e. The fourth-order valence-electron chi connectivity index (χ4n) is 6.39. The molecule has 0 atom stereocenters. The number of aromatic nitrogens is 3. The molecule has 3 aromatic rings. The van der Waals surface area contributed by atoms with Crippen LogP contribution in [0.25, 0.3) is 0 Å². The van der Waals surface area contributed by atoms with E-state index in [2.05, 4.69) is 55.5 Å². The zero-order chi connectivity index (χ0) is 32.1. The highest BCUT2D eigenvalue weighted by molar-refractivity contribution is 5.29. The highest BCUT2D eigenvalue weighted by Crippen LogP contribution is 2.17. The SMILES string of the molecule is CCCCCCCCCCCCCCCCCCOc1cn(Cc2ccccc2)c(CN2CCN(c3ncccn3)CC2)cc1=O. The van der Waals surface area contributed by atoms with Crippen LogP contribution in [-0.2, 0) is 13.1 Å². The van der Waals surface area contributed by atoms with E-state index in [1.54, 1.807) is 18.5 Å². The average molecular weight is 630 g/mol. The second-order valence-corrected chi connectivity index (χ2v) is 13.1. The van der Waals surface area contributed by atoms with Crippen LogP contribution in [0.1, 0.15) is 121 Å². The first-order chi connectivity index (χ1) is 22.7. The molecule has 7 heteroatoms. The molecule has 7 nitrogen and oxygen atoms in total. The lowest BCUT2D eigenvalue weighted by Crippen LogP contribution is -2.46. The van der Waals surface area contributed by atoms with Crippen LogP contribution in [0.5, 0.6) is 5.75 Å². The van der Waals surface area contributed by atoms with E-state index in [-0.39, 0.29) is 5.43 Å². The monoisotopic (exact) mass is 629 g/mol. The van der Waals surface area contributed by atoms with Gasteiger partial charge in [-0.2, -0.15) is 0 Å². The largest absolute Gasteiger partial charge is 0.488 e. The van der Waals surface area contributed by atoms with Crippen LogP contribution < -0.4 is 15.1 Å². The van der Waals surface area contributed by atoms with Crippen LogP contribution >= 0.6 is 0 Å². The predicted molar refractivity (Wildman–Crippen MR) is 191 cm³/mol. The summed E-state index contributed by atoms with van der Waals surface area (Å²) in [5.41, 5.74) is 2.21. The molecule has 0 N–H and O–H groups in total. The minimum absolute atomic E-state index is 0.0212. The van der Waals surface area contributed by atoms with Gasteiger partial charge in [-0.25, -0.2) is 9.97 Å². The first-order valence-corrected chi connectivity index (χ1v) is 18.4. The highest BCUT2D eigenvalue weighted by atomic mass is 16.5. The molecule has 1 aliphatic heterocycles. The normalized spacial score (nSPS) is 13.7. The van der Waals surface area contributed by atoms with Crippen molar-refractivity contribution in [1.29, 1.82) is 0 Å². The topological polar surface area (TPSA) is 63.5 Å². The number of rotatable bonds is 23. The molecular weight excluding hydrogens is 570 g/mol. The molecule has 252 valence electrons. The Bertz CT molecular complexity index is 1260. The third-order valence-corrected chi connectivity index (χ3v) is 9.23. The lowest BCUT2D eigenvalue weighted by Gasteiger charge is -2.35. The number of anilines is 1. The van der Waals surface area contributed by atoms with Crippen LogP contribution in [0, 0.1) is 0 Å². The molecule has 1 aromatic carbocycles. The third-order valence-electron chi connectivity index (χ3n) is 9.23. The maximum atomic E-state index is 13.1. The Hall–Kier alpha value is -3.19. The van der Waals surface area contributed by atoms with E-state index in [0.29, 0.717) is 18.9 Å². The van der Waals surface area contributed by atoms with Crippen molar-refractivity contribution in [3.05, 3.63) is 82.5 Å². The van der Waals surface area contributed by atoms with Crippen molar-refractivity contribution in [2.75, 3.05) is 37.7 Å². The van der Waals surface area contributed by atoms with Gasteiger partial charge in [0.1, 0.15) is 0 Å². The van der Waals surface area contributed by atoms with Crippen LogP contribution in [0.2, 0.25) is 0 Å². The smallest absolute Gasteiger partial charge is 0.225 e. The van der Waals surface area contributed by atoms with Gasteiger partial charge in [-0.1, -0.05) is 134 Å². The Morgan fingerprint density at radius 2 is 1.24 bits per heavy atom. The molecule has 46 heavy (non-hydrogen) atoms. The molecule has 0 amide bonds. The van der Waals surface area contributed by atoms with Gasteiger partial charge in [-0.05, 0) is 18.1 Å². The Morgan fingerprint density at radius 1 is 0.674 bits per heavy atom. The predicted octanol–water partition coefficient (Wildman–Crippen LogP) is 8.65. The molecule has 0 unspecified atom stereocenters. The molecule has 0 radical (unpaired) electrons. The van der Waals surface area contributed by atoms with E-state index in [1.165, 1.54) is 95.5 Å². The molecule has 0 aliphatic carbocycles. The van der Waals surface area contributed by atoms with Crippen molar-refractivity contribution in [2.45, 2.75) is 123 Å².